The first kappa shape index (κ1) is 42.9. The van der Waals surface area contributed by atoms with Gasteiger partial charge in [0.15, 0.2) is 11.4 Å². The van der Waals surface area contributed by atoms with E-state index in [1.165, 1.54) is 45.5 Å². The molecule has 2 saturated carbocycles. The number of aromatic nitrogens is 8. The first-order chi connectivity index (χ1) is 30.2. The smallest absolute Gasteiger partial charge is 0.444 e. The Bertz CT molecular complexity index is 2730. The zero-order valence-corrected chi connectivity index (χ0v) is 37.5. The minimum Gasteiger partial charge on any atom is -0.444 e. The summed E-state index contributed by atoms with van der Waals surface area (Å²) in [6, 6.07) is 8.36. The molecule has 2 aliphatic heterocycles. The van der Waals surface area contributed by atoms with Gasteiger partial charge in [0, 0.05) is 13.1 Å². The molecule has 22 heteroatoms. The van der Waals surface area contributed by atoms with Crippen LogP contribution in [0, 0.1) is 47.1 Å². The third kappa shape index (κ3) is 8.93. The lowest BCUT2D eigenvalue weighted by molar-refractivity contribution is 0.0277. The number of benzene rings is 2. The predicted octanol–water partition coefficient (Wildman–Crippen LogP) is 6.78. The van der Waals surface area contributed by atoms with Gasteiger partial charge >= 0.3 is 17.6 Å². The van der Waals surface area contributed by atoms with Crippen molar-refractivity contribution in [2.24, 2.45) is 35.5 Å². The lowest BCUT2D eigenvalue weighted by Crippen LogP contribution is -2.36. The highest BCUT2D eigenvalue weighted by atomic mass is 79.9. The number of nitrogens with one attached hydrogen (secondary N) is 1. The summed E-state index contributed by atoms with van der Waals surface area (Å²) in [5, 5.41) is 27.3. The minimum atomic E-state index is -0.731. The minimum absolute atomic E-state index is 0.138. The summed E-state index contributed by atoms with van der Waals surface area (Å²) in [5.41, 5.74) is 2.17. The number of rotatable bonds is 8. The van der Waals surface area contributed by atoms with Crippen molar-refractivity contribution in [3.8, 4) is 34.4 Å². The Balaban J connectivity index is 0.000000164. The summed E-state index contributed by atoms with van der Waals surface area (Å²) in [5.74, 6) is 1.08. The first-order valence-electron chi connectivity index (χ1n) is 20.6. The summed E-state index contributed by atoms with van der Waals surface area (Å²) in [6.07, 6.45) is 5.19. The number of carbonyl (C=O) groups is 1. The van der Waals surface area contributed by atoms with Crippen LogP contribution >= 0.6 is 31.9 Å². The van der Waals surface area contributed by atoms with Gasteiger partial charge in [-0.1, -0.05) is 20.6 Å². The molecule has 1 amide bonds. The molecule has 6 aromatic rings. The third-order valence-corrected chi connectivity index (χ3v) is 13.5. The van der Waals surface area contributed by atoms with Gasteiger partial charge in [-0.2, -0.15) is 0 Å². The van der Waals surface area contributed by atoms with Crippen LogP contribution in [0.5, 0.6) is 0 Å². The Morgan fingerprint density at radius 3 is 1.59 bits per heavy atom. The van der Waals surface area contributed by atoms with E-state index in [1.807, 2.05) is 20.8 Å². The van der Waals surface area contributed by atoms with Crippen LogP contribution in [0.1, 0.15) is 57.8 Å². The SMILES string of the molecule is CC(C)(C)OC(=O)N1CC2CC(Cc3nonc3-c3noc(=O)n3-c3ccc(F)c(Br)c3)CC2C1.O=c1onc(-c2nonc2CC2CC3CNCC3C2)n1-c1ccc(F)c(Br)c1. The van der Waals surface area contributed by atoms with Gasteiger partial charge in [-0.25, -0.2) is 41.6 Å². The van der Waals surface area contributed by atoms with Crippen molar-refractivity contribution in [2.45, 2.75) is 64.9 Å². The highest BCUT2D eigenvalue weighted by Crippen LogP contribution is 2.44. The molecule has 10 rings (SSSR count). The van der Waals surface area contributed by atoms with E-state index in [1.54, 1.807) is 4.90 Å². The second kappa shape index (κ2) is 17.3. The summed E-state index contributed by atoms with van der Waals surface area (Å²) in [6.45, 7) is 9.12. The van der Waals surface area contributed by atoms with Gasteiger partial charge in [0.05, 0.1) is 20.3 Å². The van der Waals surface area contributed by atoms with Gasteiger partial charge in [0.1, 0.15) is 28.6 Å². The number of fused-ring (bicyclic) bond motifs is 2. The number of carbonyl (C=O) groups excluding carboxylic acids is 1. The molecule has 2 saturated heterocycles. The molecular formula is C41H42Br2F2N10O8. The fourth-order valence-electron chi connectivity index (χ4n) is 9.60. The summed E-state index contributed by atoms with van der Waals surface area (Å²) in [4.78, 5) is 38.9. The van der Waals surface area contributed by atoms with Crippen molar-refractivity contribution < 1.29 is 36.6 Å². The maximum absolute atomic E-state index is 13.7. The van der Waals surface area contributed by atoms with E-state index in [9.17, 15) is 23.2 Å². The number of ether oxygens (including phenoxy) is 1. The van der Waals surface area contributed by atoms with E-state index in [2.05, 4.69) is 68.1 Å². The van der Waals surface area contributed by atoms with Crippen LogP contribution in [-0.2, 0) is 17.6 Å². The van der Waals surface area contributed by atoms with E-state index in [4.69, 9.17) is 23.0 Å². The summed E-state index contributed by atoms with van der Waals surface area (Å²) < 4.78 is 55.4. The molecule has 6 heterocycles. The molecule has 4 unspecified atom stereocenters. The second-order valence-corrected chi connectivity index (χ2v) is 19.4. The second-order valence-electron chi connectivity index (χ2n) is 17.7. The van der Waals surface area contributed by atoms with Crippen LogP contribution in [0.15, 0.2) is 73.2 Å². The standard InChI is InChI=1S/C23H25BrFN5O5.C18H17BrFN5O3/c1-23(2,3)33-21(31)29-10-13-6-12(7-14(13)11-29)8-18-19(27-35-26-18)20-28-34-22(32)30(20)15-4-5-17(25)16(24)9-15;19-13-6-12(1-2-14(13)20)25-17(24-27-18(25)26)16-15(22-28-23-16)5-9-3-10-7-21-8-11(10)4-9/h4-5,9,12-14H,6-8,10-11H2,1-3H3;1-2,6,9-11,21H,3-5,7-8H2. The molecule has 18 nitrogen and oxygen atoms in total. The van der Waals surface area contributed by atoms with E-state index in [0.717, 1.165) is 50.6 Å². The molecule has 4 aliphatic rings. The molecule has 1 N–H and O–H groups in total. The van der Waals surface area contributed by atoms with Gasteiger partial charge in [-0.15, -0.1) is 0 Å². The fourth-order valence-corrected chi connectivity index (χ4v) is 10.3. The van der Waals surface area contributed by atoms with Crippen molar-refractivity contribution in [3.63, 3.8) is 0 Å². The molecule has 4 fully saturated rings. The van der Waals surface area contributed by atoms with Crippen LogP contribution in [0.3, 0.4) is 0 Å². The average molecular weight is 1000 g/mol. The number of nitrogens with zero attached hydrogens (tertiary/aromatic N) is 9. The van der Waals surface area contributed by atoms with Gasteiger partial charge in [-0.3, -0.25) is 9.05 Å². The molecule has 4 aromatic heterocycles. The number of halogens is 4. The van der Waals surface area contributed by atoms with Gasteiger partial charge < -0.3 is 15.0 Å². The normalized spacial score (nSPS) is 22.9. The highest BCUT2D eigenvalue weighted by molar-refractivity contribution is 9.10. The molecule has 0 spiro atoms. The summed E-state index contributed by atoms with van der Waals surface area (Å²) >= 11 is 6.27. The van der Waals surface area contributed by atoms with Crippen LogP contribution < -0.4 is 16.8 Å². The first-order valence-corrected chi connectivity index (χ1v) is 22.2. The largest absolute Gasteiger partial charge is 0.446 e. The number of amides is 1. The number of hydrogen-bond donors (Lipinski definition) is 1. The van der Waals surface area contributed by atoms with Crippen molar-refractivity contribution in [2.75, 3.05) is 26.2 Å². The predicted molar refractivity (Wildman–Crippen MR) is 224 cm³/mol. The van der Waals surface area contributed by atoms with Crippen LogP contribution in [0.2, 0.25) is 0 Å². The van der Waals surface area contributed by atoms with Crippen LogP contribution in [0.25, 0.3) is 34.4 Å². The van der Waals surface area contributed by atoms with E-state index >= 15 is 0 Å². The number of hydrogen-bond acceptors (Lipinski definition) is 15. The van der Waals surface area contributed by atoms with E-state index in [0.29, 0.717) is 83.8 Å². The topological polar surface area (TPSA) is 215 Å². The molecule has 0 bridgehead atoms. The van der Waals surface area contributed by atoms with Crippen molar-refractivity contribution >= 4 is 38.0 Å². The van der Waals surface area contributed by atoms with Gasteiger partial charge in [0.2, 0.25) is 11.6 Å². The van der Waals surface area contributed by atoms with Crippen molar-refractivity contribution in [3.05, 3.63) is 89.5 Å². The molecule has 4 atom stereocenters. The molecule has 2 aliphatic carbocycles. The molecular weight excluding hydrogens is 958 g/mol. The molecule has 2 aromatic carbocycles. The zero-order valence-electron chi connectivity index (χ0n) is 34.3. The van der Waals surface area contributed by atoms with Crippen LogP contribution in [0.4, 0.5) is 13.6 Å². The van der Waals surface area contributed by atoms with Gasteiger partial charge in [-0.05, 0) is 186 Å². The van der Waals surface area contributed by atoms with Gasteiger partial charge in [0.25, 0.3) is 0 Å². The van der Waals surface area contributed by atoms with E-state index < -0.39 is 28.7 Å². The van der Waals surface area contributed by atoms with Crippen LogP contribution in [-0.4, -0.2) is 82.8 Å². The van der Waals surface area contributed by atoms with Crippen molar-refractivity contribution in [1.82, 2.24) is 50.3 Å². The third-order valence-electron chi connectivity index (χ3n) is 12.3. The zero-order chi connectivity index (χ0) is 44.2. The molecule has 63 heavy (non-hydrogen) atoms. The Labute approximate surface area is 373 Å². The lowest BCUT2D eigenvalue weighted by atomic mass is 9.98. The average Bonchev–Trinajstić information content (AvgIpc) is 4.08. The lowest BCUT2D eigenvalue weighted by Gasteiger charge is -2.25. The Morgan fingerprint density at radius 2 is 1.16 bits per heavy atom. The Kier molecular flexibility index (Phi) is 11.8. The molecule has 332 valence electrons. The Hall–Kier alpha value is -5.35. The molecule has 0 radical (unpaired) electrons. The van der Waals surface area contributed by atoms with Crippen molar-refractivity contribution in [1.29, 1.82) is 0 Å². The fraction of sp³-hybridized carbons (Fsp3) is 0.488. The maximum atomic E-state index is 13.7. The summed E-state index contributed by atoms with van der Waals surface area (Å²) in [7, 11) is 0. The van der Waals surface area contributed by atoms with E-state index in [-0.39, 0.29) is 26.7 Å². The maximum Gasteiger partial charge on any atom is 0.446 e. The quantitative estimate of drug-likeness (QED) is 0.166. The highest BCUT2D eigenvalue weighted by Gasteiger charge is 2.44. The Morgan fingerprint density at radius 1 is 0.714 bits per heavy atom. The monoisotopic (exact) mass is 998 g/mol. The number of likely N-dealkylation sites (tertiary alicyclic amines) is 1.